The van der Waals surface area contributed by atoms with Crippen LogP contribution in [0.2, 0.25) is 15.1 Å². The molecule has 1 heterocycles. The van der Waals surface area contributed by atoms with Crippen LogP contribution in [0.3, 0.4) is 0 Å². The molecule has 0 bridgehead atoms. The molecule has 0 saturated carbocycles. The van der Waals surface area contributed by atoms with Gasteiger partial charge in [0.15, 0.2) is 5.82 Å². The molecule has 0 unspecified atom stereocenters. The zero-order chi connectivity index (χ0) is 21.4. The Morgan fingerprint density at radius 2 is 1.45 bits per heavy atom. The molecule has 3 rings (SSSR count). The lowest BCUT2D eigenvalue weighted by Gasteiger charge is -2.11. The van der Waals surface area contributed by atoms with Crippen LogP contribution in [0.1, 0.15) is 5.76 Å². The number of benzene rings is 2. The highest BCUT2D eigenvalue weighted by molar-refractivity contribution is 7.93. The highest BCUT2D eigenvalue weighted by Crippen LogP contribution is 2.32. The predicted molar refractivity (Wildman–Crippen MR) is 111 cm³/mol. The minimum absolute atomic E-state index is 0.0204. The summed E-state index contributed by atoms with van der Waals surface area (Å²) in [5.41, 5.74) is 0.114. The summed E-state index contributed by atoms with van der Waals surface area (Å²) >= 11 is 17.6. The van der Waals surface area contributed by atoms with Gasteiger partial charge in [0.25, 0.3) is 20.0 Å². The van der Waals surface area contributed by atoms with Crippen molar-refractivity contribution in [2.24, 2.45) is 0 Å². The molecule has 0 atom stereocenters. The van der Waals surface area contributed by atoms with Crippen molar-refractivity contribution >= 4 is 66.4 Å². The van der Waals surface area contributed by atoms with Crippen LogP contribution in [0.5, 0.6) is 0 Å². The number of anilines is 2. The molecule has 2 aromatic carbocycles. The van der Waals surface area contributed by atoms with Crippen molar-refractivity contribution in [3.63, 3.8) is 0 Å². The Bertz CT molecular complexity index is 1270. The Labute approximate surface area is 181 Å². The van der Waals surface area contributed by atoms with E-state index in [9.17, 15) is 16.8 Å². The third-order valence-electron chi connectivity index (χ3n) is 3.55. The molecule has 3 aromatic rings. The maximum absolute atomic E-state index is 12.6. The lowest BCUT2D eigenvalue weighted by atomic mass is 10.3. The minimum atomic E-state index is -4.09. The Morgan fingerprint density at radius 3 is 2.03 bits per heavy atom. The van der Waals surface area contributed by atoms with Crippen LogP contribution in [0.15, 0.2) is 56.8 Å². The molecule has 13 heteroatoms. The van der Waals surface area contributed by atoms with Crippen LogP contribution in [-0.4, -0.2) is 22.0 Å². The first-order chi connectivity index (χ1) is 13.5. The van der Waals surface area contributed by atoms with E-state index in [1.54, 1.807) is 6.92 Å². The van der Waals surface area contributed by atoms with E-state index >= 15 is 0 Å². The zero-order valence-electron chi connectivity index (χ0n) is 14.5. The molecule has 154 valence electrons. The van der Waals surface area contributed by atoms with Crippen molar-refractivity contribution in [3.05, 3.63) is 63.3 Å². The normalized spacial score (nSPS) is 12.0. The number of rotatable bonds is 6. The van der Waals surface area contributed by atoms with Gasteiger partial charge < -0.3 is 4.52 Å². The van der Waals surface area contributed by atoms with E-state index < -0.39 is 20.0 Å². The predicted octanol–water partition coefficient (Wildman–Crippen LogP) is 4.54. The second-order valence-corrected chi connectivity index (χ2v) is 10.3. The van der Waals surface area contributed by atoms with Crippen molar-refractivity contribution in [1.82, 2.24) is 5.16 Å². The number of hydrogen-bond donors (Lipinski definition) is 2. The van der Waals surface area contributed by atoms with Gasteiger partial charge >= 0.3 is 0 Å². The fraction of sp³-hybridized carbons (Fsp3) is 0.0625. The maximum atomic E-state index is 12.6. The summed E-state index contributed by atoms with van der Waals surface area (Å²) in [5, 5.41) is 3.58. The number of aryl methyl sites for hydroxylation is 1. The Morgan fingerprint density at radius 1 is 0.828 bits per heavy atom. The molecule has 0 amide bonds. The van der Waals surface area contributed by atoms with Crippen LogP contribution < -0.4 is 9.44 Å². The monoisotopic (exact) mass is 495 g/mol. The number of nitrogens with zero attached hydrogens (tertiary/aromatic N) is 1. The highest BCUT2D eigenvalue weighted by Gasteiger charge is 2.21. The summed E-state index contributed by atoms with van der Waals surface area (Å²) in [6.07, 6.45) is 0. The van der Waals surface area contributed by atoms with E-state index in [1.165, 1.54) is 36.4 Å². The molecule has 0 radical (unpaired) electrons. The summed E-state index contributed by atoms with van der Waals surface area (Å²) in [6, 6.07) is 8.77. The maximum Gasteiger partial charge on any atom is 0.263 e. The summed E-state index contributed by atoms with van der Waals surface area (Å²) in [7, 11) is -8.02. The molecular weight excluding hydrogens is 485 g/mol. The van der Waals surface area contributed by atoms with Gasteiger partial charge in [0.05, 0.1) is 20.0 Å². The molecular formula is C16H12Cl3N3O5S2. The van der Waals surface area contributed by atoms with Crippen LogP contribution in [0, 0.1) is 6.92 Å². The van der Waals surface area contributed by atoms with Gasteiger partial charge in [-0.05, 0) is 43.3 Å². The fourth-order valence-corrected chi connectivity index (χ4v) is 5.28. The molecule has 0 saturated heterocycles. The van der Waals surface area contributed by atoms with Crippen molar-refractivity contribution < 1.29 is 21.4 Å². The number of halogens is 3. The van der Waals surface area contributed by atoms with E-state index in [0.717, 1.165) is 6.07 Å². The van der Waals surface area contributed by atoms with E-state index in [0.29, 0.717) is 5.76 Å². The Kier molecular flexibility index (Phi) is 6.02. The largest absolute Gasteiger partial charge is 0.360 e. The Hall–Kier alpha value is -1.98. The molecule has 0 aliphatic rings. The van der Waals surface area contributed by atoms with Crippen LogP contribution in [0.25, 0.3) is 0 Å². The first-order valence-electron chi connectivity index (χ1n) is 7.71. The molecule has 0 aliphatic carbocycles. The highest BCUT2D eigenvalue weighted by atomic mass is 35.5. The fourth-order valence-electron chi connectivity index (χ4n) is 2.23. The second kappa shape index (κ2) is 8.04. The minimum Gasteiger partial charge on any atom is -0.360 e. The molecule has 0 spiro atoms. The number of nitrogens with one attached hydrogen (secondary N) is 2. The molecule has 1 aromatic heterocycles. The molecule has 0 aliphatic heterocycles. The second-order valence-electron chi connectivity index (χ2n) is 5.75. The molecule has 2 N–H and O–H groups in total. The summed E-state index contributed by atoms with van der Waals surface area (Å²) in [6.45, 7) is 1.62. The van der Waals surface area contributed by atoms with Crippen molar-refractivity contribution in [1.29, 1.82) is 0 Å². The van der Waals surface area contributed by atoms with E-state index in [1.807, 2.05) is 0 Å². The smallest absolute Gasteiger partial charge is 0.263 e. The quantitative estimate of drug-likeness (QED) is 0.484. The molecule has 29 heavy (non-hydrogen) atoms. The van der Waals surface area contributed by atoms with Gasteiger partial charge in [-0.15, -0.1) is 0 Å². The van der Waals surface area contributed by atoms with Crippen molar-refractivity contribution in [2.45, 2.75) is 16.7 Å². The average molecular weight is 497 g/mol. The third kappa shape index (κ3) is 4.96. The molecule has 0 fully saturated rings. The number of aromatic nitrogens is 1. The summed E-state index contributed by atoms with van der Waals surface area (Å²) in [4.78, 5) is -0.373. The molecule has 8 nitrogen and oxygen atoms in total. The van der Waals surface area contributed by atoms with Gasteiger partial charge in [0.1, 0.15) is 10.7 Å². The topological polar surface area (TPSA) is 118 Å². The van der Waals surface area contributed by atoms with Crippen molar-refractivity contribution in [2.75, 3.05) is 9.44 Å². The average Bonchev–Trinajstić information content (AvgIpc) is 3.02. The SMILES string of the molecule is Cc1cc(NS(=O)(=O)c2ccc(NS(=O)(=O)c3cc(Cl)c(Cl)cc3Cl)cc2)no1. The summed E-state index contributed by atoms with van der Waals surface area (Å²) < 4.78 is 59.2. The van der Waals surface area contributed by atoms with Gasteiger partial charge in [-0.1, -0.05) is 40.0 Å². The van der Waals surface area contributed by atoms with Gasteiger partial charge in [-0.25, -0.2) is 16.8 Å². The van der Waals surface area contributed by atoms with Crippen LogP contribution in [-0.2, 0) is 20.0 Å². The Balaban J connectivity index is 1.82. The standard InChI is InChI=1S/C16H12Cl3N3O5S2/c1-9-6-16(20-27-9)22-28(23,24)11-4-2-10(3-5-11)21-29(25,26)15-8-13(18)12(17)7-14(15)19/h2-8,21H,1H3,(H,20,22). The zero-order valence-corrected chi connectivity index (χ0v) is 18.4. The van der Waals surface area contributed by atoms with Gasteiger partial charge in [-0.3, -0.25) is 9.44 Å². The van der Waals surface area contributed by atoms with E-state index in [4.69, 9.17) is 39.3 Å². The van der Waals surface area contributed by atoms with Crippen molar-refractivity contribution in [3.8, 4) is 0 Å². The van der Waals surface area contributed by atoms with Crippen LogP contribution in [0.4, 0.5) is 11.5 Å². The van der Waals surface area contributed by atoms with E-state index in [-0.39, 0.29) is 36.4 Å². The van der Waals surface area contributed by atoms with Gasteiger partial charge in [0.2, 0.25) is 0 Å². The van der Waals surface area contributed by atoms with Crippen LogP contribution >= 0.6 is 34.8 Å². The van der Waals surface area contributed by atoms with Gasteiger partial charge in [-0.2, -0.15) is 0 Å². The summed E-state index contributed by atoms with van der Waals surface area (Å²) in [5.74, 6) is 0.468. The lowest BCUT2D eigenvalue weighted by molar-refractivity contribution is 0.400. The van der Waals surface area contributed by atoms with Gasteiger partial charge in [0, 0.05) is 11.8 Å². The number of hydrogen-bond acceptors (Lipinski definition) is 6. The number of sulfonamides is 2. The lowest BCUT2D eigenvalue weighted by Crippen LogP contribution is -2.15. The first-order valence-corrected chi connectivity index (χ1v) is 11.8. The first kappa shape index (κ1) is 21.7. The third-order valence-corrected chi connectivity index (χ3v) is 7.49. The van der Waals surface area contributed by atoms with E-state index in [2.05, 4.69) is 14.6 Å².